The number of halogens is 3. The molecule has 4 aromatic rings. The van der Waals surface area contributed by atoms with E-state index in [0.717, 1.165) is 30.1 Å². The van der Waals surface area contributed by atoms with Crippen LogP contribution in [0.2, 0.25) is 0 Å². The molecular weight excluding hydrogens is 467 g/mol. The molecule has 3 heterocycles. The second-order valence-corrected chi connectivity index (χ2v) is 9.25. The van der Waals surface area contributed by atoms with Crippen LogP contribution in [0.4, 0.5) is 18.9 Å². The summed E-state index contributed by atoms with van der Waals surface area (Å²) in [6, 6.07) is 13.5. The highest BCUT2D eigenvalue weighted by atomic mass is 19.1. The Balaban J connectivity index is 1.56. The lowest BCUT2D eigenvalue weighted by Crippen LogP contribution is -2.57. The normalized spacial score (nSPS) is 19.9. The SMILES string of the molecule is Oc1c(F)cccc1-c1ccc2ncc(-c3cc(F)cc(F)c3)c(N3CC[C@@H]4NCCO[C@H]4C3)c2c1. The quantitative estimate of drug-likeness (QED) is 0.410. The number of nitrogens with one attached hydrogen (secondary N) is 1. The van der Waals surface area contributed by atoms with Gasteiger partial charge < -0.3 is 20.1 Å². The van der Waals surface area contributed by atoms with Crippen molar-refractivity contribution in [1.82, 2.24) is 10.3 Å². The van der Waals surface area contributed by atoms with Crippen molar-refractivity contribution in [3.8, 4) is 28.0 Å². The topological polar surface area (TPSA) is 57.6 Å². The van der Waals surface area contributed by atoms with Crippen molar-refractivity contribution in [1.29, 1.82) is 0 Å². The van der Waals surface area contributed by atoms with Gasteiger partial charge in [0.1, 0.15) is 11.6 Å². The summed E-state index contributed by atoms with van der Waals surface area (Å²) in [5.41, 5.74) is 3.37. The molecule has 2 aliphatic rings. The van der Waals surface area contributed by atoms with E-state index in [2.05, 4.69) is 15.2 Å². The first-order chi connectivity index (χ1) is 17.5. The Morgan fingerprint density at radius 2 is 1.81 bits per heavy atom. The number of para-hydroxylation sites is 1. The van der Waals surface area contributed by atoms with E-state index in [9.17, 15) is 18.3 Å². The first-order valence-electron chi connectivity index (χ1n) is 11.9. The Hall–Kier alpha value is -3.62. The number of rotatable bonds is 3. The summed E-state index contributed by atoms with van der Waals surface area (Å²) in [6.07, 6.45) is 2.45. The van der Waals surface area contributed by atoms with Gasteiger partial charge in [0.15, 0.2) is 11.6 Å². The fourth-order valence-corrected chi connectivity index (χ4v) is 5.33. The van der Waals surface area contributed by atoms with Gasteiger partial charge in [-0.1, -0.05) is 18.2 Å². The summed E-state index contributed by atoms with van der Waals surface area (Å²) in [7, 11) is 0. The zero-order valence-electron chi connectivity index (χ0n) is 19.3. The van der Waals surface area contributed by atoms with Gasteiger partial charge in [-0.25, -0.2) is 13.2 Å². The molecule has 0 amide bonds. The van der Waals surface area contributed by atoms with Crippen LogP contribution in [0.1, 0.15) is 6.42 Å². The van der Waals surface area contributed by atoms with Gasteiger partial charge in [0.2, 0.25) is 0 Å². The Bertz CT molecular complexity index is 1440. The van der Waals surface area contributed by atoms with E-state index in [1.54, 1.807) is 24.4 Å². The Morgan fingerprint density at radius 3 is 2.64 bits per heavy atom. The smallest absolute Gasteiger partial charge is 0.165 e. The summed E-state index contributed by atoms with van der Waals surface area (Å²) in [6.45, 7) is 2.73. The Kier molecular flexibility index (Phi) is 5.78. The number of phenols is 1. The number of nitrogens with zero attached hydrogens (tertiary/aromatic N) is 2. The molecule has 184 valence electrons. The standard InChI is InChI=1S/C28H24F3N3O2/c29-18-10-17(11-19(30)13-18)22-14-33-24-5-4-16(20-2-1-3-23(31)28(20)35)12-21(24)27(22)34-8-6-25-26(15-34)36-9-7-32-25/h1-5,10-14,25-26,32,35H,6-9,15H2/t25-,26-/m0/s1. The van der Waals surface area contributed by atoms with Crippen LogP contribution in [0.25, 0.3) is 33.2 Å². The van der Waals surface area contributed by atoms with Crippen LogP contribution in [-0.4, -0.2) is 48.5 Å². The highest BCUT2D eigenvalue weighted by Crippen LogP contribution is 2.41. The molecule has 0 bridgehead atoms. The molecule has 1 aromatic heterocycles. The van der Waals surface area contributed by atoms with E-state index in [0.29, 0.717) is 47.5 Å². The number of hydrogen-bond acceptors (Lipinski definition) is 5. The van der Waals surface area contributed by atoms with Gasteiger partial charge in [0.05, 0.1) is 23.9 Å². The van der Waals surface area contributed by atoms with E-state index < -0.39 is 23.2 Å². The molecule has 8 heteroatoms. The van der Waals surface area contributed by atoms with Crippen LogP contribution in [-0.2, 0) is 4.74 Å². The maximum Gasteiger partial charge on any atom is 0.165 e. The number of hydrogen-bond donors (Lipinski definition) is 2. The number of fused-ring (bicyclic) bond motifs is 2. The molecule has 0 radical (unpaired) electrons. The lowest BCUT2D eigenvalue weighted by molar-refractivity contribution is -0.00896. The molecule has 36 heavy (non-hydrogen) atoms. The number of piperidine rings is 1. The maximum absolute atomic E-state index is 14.2. The van der Waals surface area contributed by atoms with Crippen molar-refractivity contribution in [3.63, 3.8) is 0 Å². The predicted octanol–water partition coefficient (Wildman–Crippen LogP) is 5.26. The molecule has 2 fully saturated rings. The first-order valence-corrected chi connectivity index (χ1v) is 11.9. The fraction of sp³-hybridized carbons (Fsp3) is 0.250. The number of benzene rings is 3. The van der Waals surface area contributed by atoms with E-state index in [1.807, 2.05) is 6.07 Å². The third-order valence-corrected chi connectivity index (χ3v) is 7.03. The minimum Gasteiger partial charge on any atom is -0.504 e. The van der Waals surface area contributed by atoms with Crippen LogP contribution in [0.15, 0.2) is 60.8 Å². The number of pyridine rings is 1. The molecule has 6 rings (SSSR count). The van der Waals surface area contributed by atoms with Gasteiger partial charge in [-0.05, 0) is 47.9 Å². The van der Waals surface area contributed by atoms with Crippen molar-refractivity contribution in [2.75, 3.05) is 31.1 Å². The van der Waals surface area contributed by atoms with Gasteiger partial charge >= 0.3 is 0 Å². The highest BCUT2D eigenvalue weighted by molar-refractivity contribution is 6.02. The molecule has 2 aliphatic heterocycles. The third kappa shape index (κ3) is 4.06. The van der Waals surface area contributed by atoms with Gasteiger partial charge in [-0.3, -0.25) is 4.98 Å². The minimum atomic E-state index is -0.709. The van der Waals surface area contributed by atoms with Crippen molar-refractivity contribution in [3.05, 3.63) is 78.2 Å². The van der Waals surface area contributed by atoms with Crippen LogP contribution in [0.3, 0.4) is 0 Å². The van der Waals surface area contributed by atoms with Gasteiger partial charge in [0.25, 0.3) is 0 Å². The Labute approximate surface area is 206 Å². The van der Waals surface area contributed by atoms with Crippen LogP contribution in [0, 0.1) is 17.5 Å². The van der Waals surface area contributed by atoms with Crippen LogP contribution < -0.4 is 10.2 Å². The molecule has 0 aliphatic carbocycles. The zero-order valence-corrected chi connectivity index (χ0v) is 19.3. The molecule has 0 unspecified atom stereocenters. The third-order valence-electron chi connectivity index (χ3n) is 7.03. The summed E-state index contributed by atoms with van der Waals surface area (Å²) in [5, 5.41) is 14.6. The molecule has 3 aromatic carbocycles. The van der Waals surface area contributed by atoms with Crippen LogP contribution >= 0.6 is 0 Å². The van der Waals surface area contributed by atoms with Gasteiger partial charge in [0, 0.05) is 54.5 Å². The van der Waals surface area contributed by atoms with E-state index in [-0.39, 0.29) is 12.1 Å². The summed E-state index contributed by atoms with van der Waals surface area (Å²) >= 11 is 0. The maximum atomic E-state index is 14.2. The monoisotopic (exact) mass is 491 g/mol. The molecule has 2 saturated heterocycles. The van der Waals surface area contributed by atoms with Crippen LogP contribution in [0.5, 0.6) is 5.75 Å². The molecular formula is C28H24F3N3O2. The number of aromatic hydroxyl groups is 1. The molecule has 5 nitrogen and oxygen atoms in total. The molecule has 2 atom stereocenters. The number of ether oxygens (including phenoxy) is 1. The predicted molar refractivity (Wildman–Crippen MR) is 133 cm³/mol. The minimum absolute atomic E-state index is 0.0248. The highest BCUT2D eigenvalue weighted by Gasteiger charge is 2.33. The van der Waals surface area contributed by atoms with Crippen molar-refractivity contribution < 1.29 is 23.0 Å². The lowest BCUT2D eigenvalue weighted by atomic mass is 9.94. The molecule has 2 N–H and O–H groups in total. The van der Waals surface area contributed by atoms with E-state index >= 15 is 0 Å². The summed E-state index contributed by atoms with van der Waals surface area (Å²) in [4.78, 5) is 6.75. The second kappa shape index (κ2) is 9.11. The largest absolute Gasteiger partial charge is 0.504 e. The average molecular weight is 492 g/mol. The van der Waals surface area contributed by atoms with E-state index in [4.69, 9.17) is 4.74 Å². The van der Waals surface area contributed by atoms with Crippen molar-refractivity contribution in [2.24, 2.45) is 0 Å². The fourth-order valence-electron chi connectivity index (χ4n) is 5.33. The second-order valence-electron chi connectivity index (χ2n) is 9.25. The zero-order chi connectivity index (χ0) is 24.8. The van der Waals surface area contributed by atoms with Gasteiger partial charge in [-0.15, -0.1) is 0 Å². The van der Waals surface area contributed by atoms with Crippen molar-refractivity contribution >= 4 is 16.6 Å². The molecule has 0 saturated carbocycles. The summed E-state index contributed by atoms with van der Waals surface area (Å²) < 4.78 is 48.6. The summed E-state index contributed by atoms with van der Waals surface area (Å²) in [5.74, 6) is -2.49. The number of phenolic OH excluding ortho intramolecular Hbond substituents is 1. The average Bonchev–Trinajstić information content (AvgIpc) is 2.88. The number of anilines is 1. The van der Waals surface area contributed by atoms with Gasteiger partial charge in [-0.2, -0.15) is 0 Å². The number of morpholine rings is 1. The Morgan fingerprint density at radius 1 is 0.972 bits per heavy atom. The lowest BCUT2D eigenvalue weighted by Gasteiger charge is -2.43. The van der Waals surface area contributed by atoms with Crippen molar-refractivity contribution in [2.45, 2.75) is 18.6 Å². The first kappa shape index (κ1) is 22.8. The number of aromatic nitrogens is 1. The molecule has 0 spiro atoms. The van der Waals surface area contributed by atoms with E-state index in [1.165, 1.54) is 24.3 Å².